The van der Waals surface area contributed by atoms with Gasteiger partial charge in [-0.1, -0.05) is 34.1 Å². The minimum Gasteiger partial charge on any atom is -0.371 e. The van der Waals surface area contributed by atoms with E-state index in [2.05, 4.69) is 5.32 Å². The summed E-state index contributed by atoms with van der Waals surface area (Å²) >= 11 is 5.72. The van der Waals surface area contributed by atoms with E-state index in [9.17, 15) is 13.6 Å². The topological polar surface area (TPSA) is 29.1 Å². The van der Waals surface area contributed by atoms with Crippen molar-refractivity contribution in [2.75, 3.05) is 5.32 Å². The first-order valence-corrected chi connectivity index (χ1v) is 7.07. The monoisotopic (exact) mass is 293 g/mol. The Hall–Kier alpha value is -0.980. The molecule has 0 spiro atoms. The first-order valence-electron chi connectivity index (χ1n) is 4.55. The van der Waals surface area contributed by atoms with Gasteiger partial charge in [-0.3, -0.25) is 4.79 Å². The highest BCUT2D eigenvalue weighted by atomic mass is 35.5. The quantitative estimate of drug-likeness (QED) is 0.874. The minimum absolute atomic E-state index is 0.0794. The van der Waals surface area contributed by atoms with Gasteiger partial charge in [-0.05, 0) is 16.4 Å². The number of rotatable bonds is 3. The van der Waals surface area contributed by atoms with Crippen LogP contribution < -0.4 is 10.1 Å². The lowest BCUT2D eigenvalue weighted by Gasteiger charge is -2.05. The summed E-state index contributed by atoms with van der Waals surface area (Å²) in [5, 5.41) is 3.38. The smallest absolute Gasteiger partial charge is 0.263 e. The van der Waals surface area contributed by atoms with E-state index in [-0.39, 0.29) is 21.9 Å². The minimum atomic E-state index is -0.895. The molecule has 2 nitrogen and oxygen atoms in total. The summed E-state index contributed by atoms with van der Waals surface area (Å²) in [5.41, 5.74) is 0.187. The highest BCUT2D eigenvalue weighted by Gasteiger charge is 2.10. The molecule has 90 valence electrons. The van der Waals surface area contributed by atoms with Crippen LogP contribution in [0.1, 0.15) is 5.56 Å². The van der Waals surface area contributed by atoms with Gasteiger partial charge in [0.2, 0.25) is 0 Å². The predicted octanol–water partition coefficient (Wildman–Crippen LogP) is 3.71. The molecule has 0 bridgehead atoms. The molecule has 1 heterocycles. The molecular formula is C10H6ClF2NOS2. The molecule has 0 radical (unpaired) electrons. The van der Waals surface area contributed by atoms with Crippen LogP contribution in [0.3, 0.4) is 0 Å². The summed E-state index contributed by atoms with van der Waals surface area (Å²) in [6.07, 6.45) is 0. The third-order valence-corrected chi connectivity index (χ3v) is 4.79. The van der Waals surface area contributed by atoms with Crippen molar-refractivity contribution >= 4 is 37.3 Å². The third-order valence-electron chi connectivity index (χ3n) is 2.05. The van der Waals surface area contributed by atoms with Gasteiger partial charge in [0.15, 0.2) is 11.6 Å². The fourth-order valence-electron chi connectivity index (χ4n) is 1.21. The van der Waals surface area contributed by atoms with Crippen molar-refractivity contribution in [3.8, 4) is 0 Å². The maximum absolute atomic E-state index is 13.3. The second kappa shape index (κ2) is 5.12. The van der Waals surface area contributed by atoms with E-state index < -0.39 is 11.6 Å². The second-order valence-electron chi connectivity index (χ2n) is 3.16. The zero-order chi connectivity index (χ0) is 12.4. The van der Waals surface area contributed by atoms with Crippen LogP contribution in [0.5, 0.6) is 0 Å². The molecule has 0 saturated carbocycles. The van der Waals surface area contributed by atoms with Crippen LogP contribution in [-0.4, -0.2) is 0 Å². The normalized spacial score (nSPS) is 10.5. The SMILES string of the molecule is O=c1ssc(NCc2cccc(F)c2F)c1Cl. The van der Waals surface area contributed by atoms with Crippen LogP contribution in [0.4, 0.5) is 13.8 Å². The lowest BCUT2D eigenvalue weighted by molar-refractivity contribution is 0.500. The lowest BCUT2D eigenvalue weighted by Crippen LogP contribution is -2.03. The van der Waals surface area contributed by atoms with Crippen molar-refractivity contribution in [1.82, 2.24) is 0 Å². The molecule has 0 amide bonds. The van der Waals surface area contributed by atoms with E-state index in [4.69, 9.17) is 11.6 Å². The average Bonchev–Trinajstić information content (AvgIpc) is 2.62. The van der Waals surface area contributed by atoms with Gasteiger partial charge >= 0.3 is 0 Å². The molecule has 0 aliphatic carbocycles. The van der Waals surface area contributed by atoms with Crippen LogP contribution in [-0.2, 0) is 6.54 Å². The maximum Gasteiger partial charge on any atom is 0.263 e. The van der Waals surface area contributed by atoms with E-state index >= 15 is 0 Å². The molecule has 7 heteroatoms. The Morgan fingerprint density at radius 2 is 2.06 bits per heavy atom. The number of hydrogen-bond acceptors (Lipinski definition) is 4. The molecule has 1 aromatic heterocycles. The molecule has 0 fully saturated rings. The highest BCUT2D eigenvalue weighted by Crippen LogP contribution is 2.27. The summed E-state index contributed by atoms with van der Waals surface area (Å²) in [6.45, 7) is 0.0794. The molecular weight excluding hydrogens is 288 g/mol. The number of hydrogen-bond donors (Lipinski definition) is 1. The van der Waals surface area contributed by atoms with Crippen LogP contribution in [0.25, 0.3) is 0 Å². The molecule has 17 heavy (non-hydrogen) atoms. The molecule has 0 aliphatic heterocycles. The summed E-state index contributed by atoms with van der Waals surface area (Å²) in [7, 11) is 2.17. The van der Waals surface area contributed by atoms with Gasteiger partial charge < -0.3 is 5.32 Å². The van der Waals surface area contributed by atoms with Crippen molar-refractivity contribution in [2.45, 2.75) is 6.54 Å². The Morgan fingerprint density at radius 1 is 1.29 bits per heavy atom. The number of benzene rings is 1. The van der Waals surface area contributed by atoms with Crippen LogP contribution in [0, 0.1) is 11.6 Å². The van der Waals surface area contributed by atoms with Gasteiger partial charge in [0.1, 0.15) is 10.0 Å². The standard InChI is InChI=1S/C10H6ClF2NOS2/c11-7-9(16-17-10(7)15)14-4-5-2-1-3-6(12)8(5)13/h1-3,14H,4H2. The average molecular weight is 294 g/mol. The molecule has 0 unspecified atom stereocenters. The summed E-state index contributed by atoms with van der Waals surface area (Å²) in [5.74, 6) is -1.78. The third kappa shape index (κ3) is 2.65. The number of anilines is 1. The second-order valence-corrected chi connectivity index (χ2v) is 5.65. The Morgan fingerprint density at radius 3 is 2.71 bits per heavy atom. The zero-order valence-corrected chi connectivity index (χ0v) is 10.7. The van der Waals surface area contributed by atoms with Gasteiger partial charge in [-0.15, -0.1) is 0 Å². The van der Waals surface area contributed by atoms with E-state index in [0.29, 0.717) is 5.00 Å². The molecule has 2 aromatic rings. The number of halogens is 3. The number of nitrogens with one attached hydrogen (secondary N) is 1. The van der Waals surface area contributed by atoms with Gasteiger partial charge in [-0.25, -0.2) is 8.78 Å². The van der Waals surface area contributed by atoms with Crippen molar-refractivity contribution in [1.29, 1.82) is 0 Å². The Balaban J connectivity index is 2.15. The summed E-state index contributed by atoms with van der Waals surface area (Å²) < 4.78 is 26.0. The Bertz CT molecular complexity index is 596. The molecule has 0 saturated heterocycles. The van der Waals surface area contributed by atoms with Crippen molar-refractivity contribution in [3.63, 3.8) is 0 Å². The van der Waals surface area contributed by atoms with Crippen LogP contribution in [0.2, 0.25) is 5.02 Å². The van der Waals surface area contributed by atoms with Crippen molar-refractivity contribution in [3.05, 3.63) is 50.0 Å². The maximum atomic E-state index is 13.3. The van der Waals surface area contributed by atoms with E-state index in [0.717, 1.165) is 16.4 Å². The summed E-state index contributed by atoms with van der Waals surface area (Å²) in [4.78, 5) is 11.1. The molecule has 0 aliphatic rings. The van der Waals surface area contributed by atoms with Gasteiger partial charge in [0.05, 0.1) is 0 Å². The van der Waals surface area contributed by atoms with E-state index in [1.165, 1.54) is 22.5 Å². The zero-order valence-electron chi connectivity index (χ0n) is 8.30. The fraction of sp³-hybridized carbons (Fsp3) is 0.100. The van der Waals surface area contributed by atoms with E-state index in [1.54, 1.807) is 0 Å². The fourth-order valence-corrected chi connectivity index (χ4v) is 3.64. The van der Waals surface area contributed by atoms with Gasteiger partial charge in [0, 0.05) is 12.1 Å². The Labute approximate surface area is 108 Å². The van der Waals surface area contributed by atoms with Crippen molar-refractivity contribution in [2.24, 2.45) is 0 Å². The first-order chi connectivity index (χ1) is 8.09. The largest absolute Gasteiger partial charge is 0.371 e. The molecule has 2 rings (SSSR count). The predicted molar refractivity (Wildman–Crippen MR) is 67.2 cm³/mol. The molecule has 1 aromatic carbocycles. The first kappa shape index (κ1) is 12.5. The highest BCUT2D eigenvalue weighted by molar-refractivity contribution is 7.70. The van der Waals surface area contributed by atoms with Crippen molar-refractivity contribution < 1.29 is 8.78 Å². The lowest BCUT2D eigenvalue weighted by atomic mass is 10.2. The van der Waals surface area contributed by atoms with Crippen LogP contribution in [0.15, 0.2) is 23.0 Å². The van der Waals surface area contributed by atoms with E-state index in [1.807, 2.05) is 0 Å². The summed E-state index contributed by atoms with van der Waals surface area (Å²) in [6, 6.07) is 3.94. The van der Waals surface area contributed by atoms with Crippen LogP contribution >= 0.6 is 32.3 Å². The molecule has 0 atom stereocenters. The van der Waals surface area contributed by atoms with Gasteiger partial charge in [0.25, 0.3) is 4.74 Å². The Kier molecular flexibility index (Phi) is 3.76. The van der Waals surface area contributed by atoms with Gasteiger partial charge in [-0.2, -0.15) is 0 Å². The molecule has 1 N–H and O–H groups in total.